The maximum Gasteiger partial charge on any atom is 0.249 e. The lowest BCUT2D eigenvalue weighted by Gasteiger charge is -2.41. The van der Waals surface area contributed by atoms with Crippen molar-refractivity contribution in [3.63, 3.8) is 0 Å². The molecule has 180 valence electrons. The molecule has 1 atom stereocenters. The number of carbonyl (C=O) groups excluding carboxylic acids is 2. The van der Waals surface area contributed by atoms with Crippen molar-refractivity contribution in [2.45, 2.75) is 51.0 Å². The largest absolute Gasteiger partial charge is 0.374 e. The van der Waals surface area contributed by atoms with E-state index in [4.69, 9.17) is 0 Å². The summed E-state index contributed by atoms with van der Waals surface area (Å²) in [4.78, 5) is 28.2. The summed E-state index contributed by atoms with van der Waals surface area (Å²) in [6, 6.07) is 4.65. The number of amides is 2. The standard InChI is InChI=1S/C25H36FN5O2/c26-20-15-19(28-21-2-4-23(32)29-24(21)33)1-3-22(20)31-14-9-25(17-31)7-12-30(13-8-25)16-18-5-10-27-11-6-18/h1,3,15,18,21,27-28H,2,4-14,16-17H2,(H,29,32,33). The average molecular weight is 458 g/mol. The summed E-state index contributed by atoms with van der Waals surface area (Å²) in [7, 11) is 0. The molecule has 3 N–H and O–H groups in total. The fraction of sp³-hybridized carbons (Fsp3) is 0.680. The van der Waals surface area contributed by atoms with E-state index in [2.05, 4.69) is 25.8 Å². The van der Waals surface area contributed by atoms with Gasteiger partial charge in [0.2, 0.25) is 11.8 Å². The van der Waals surface area contributed by atoms with Gasteiger partial charge >= 0.3 is 0 Å². The molecule has 8 heteroatoms. The van der Waals surface area contributed by atoms with Crippen LogP contribution in [-0.2, 0) is 9.59 Å². The van der Waals surface area contributed by atoms with Crippen LogP contribution in [-0.4, -0.2) is 68.6 Å². The molecule has 4 aliphatic heterocycles. The molecule has 0 aromatic heterocycles. The highest BCUT2D eigenvalue weighted by atomic mass is 19.1. The normalized spacial score (nSPS) is 26.6. The molecule has 0 aliphatic carbocycles. The van der Waals surface area contributed by atoms with E-state index in [9.17, 15) is 9.59 Å². The first-order valence-electron chi connectivity index (χ1n) is 12.6. The Hall–Kier alpha value is -2.19. The number of halogens is 1. The molecule has 4 aliphatic rings. The minimum atomic E-state index is -0.502. The minimum absolute atomic E-state index is 0.250. The van der Waals surface area contributed by atoms with E-state index in [1.165, 1.54) is 38.3 Å². The van der Waals surface area contributed by atoms with Gasteiger partial charge in [-0.05, 0) is 94.2 Å². The zero-order valence-corrected chi connectivity index (χ0v) is 19.4. The van der Waals surface area contributed by atoms with Crippen LogP contribution in [0.25, 0.3) is 0 Å². The summed E-state index contributed by atoms with van der Waals surface area (Å²) in [5.41, 5.74) is 1.53. The van der Waals surface area contributed by atoms with Crippen LogP contribution in [0.15, 0.2) is 18.2 Å². The number of nitrogens with one attached hydrogen (secondary N) is 3. The summed E-state index contributed by atoms with van der Waals surface area (Å²) in [6.07, 6.45) is 6.85. The van der Waals surface area contributed by atoms with Gasteiger partial charge in [0.05, 0.1) is 5.69 Å². The summed E-state index contributed by atoms with van der Waals surface area (Å²) >= 11 is 0. The third-order valence-electron chi connectivity index (χ3n) is 8.20. The Morgan fingerprint density at radius 3 is 2.55 bits per heavy atom. The van der Waals surface area contributed by atoms with E-state index in [1.54, 1.807) is 0 Å². The van der Waals surface area contributed by atoms with Gasteiger partial charge in [-0.1, -0.05) is 0 Å². The van der Waals surface area contributed by atoms with E-state index >= 15 is 4.39 Å². The highest BCUT2D eigenvalue weighted by molar-refractivity contribution is 6.01. The van der Waals surface area contributed by atoms with E-state index in [-0.39, 0.29) is 17.6 Å². The molecule has 4 saturated heterocycles. The van der Waals surface area contributed by atoms with Gasteiger partial charge < -0.3 is 20.4 Å². The summed E-state index contributed by atoms with van der Waals surface area (Å²) in [5.74, 6) is -0.0159. The zero-order chi connectivity index (χ0) is 22.8. The van der Waals surface area contributed by atoms with Gasteiger partial charge in [-0.3, -0.25) is 14.9 Å². The molecule has 1 aromatic rings. The lowest BCUT2D eigenvalue weighted by Crippen LogP contribution is -2.47. The summed E-state index contributed by atoms with van der Waals surface area (Å²) < 4.78 is 15.0. The van der Waals surface area contributed by atoms with Crippen molar-refractivity contribution in [3.8, 4) is 0 Å². The molecule has 4 fully saturated rings. The molecule has 2 amide bonds. The van der Waals surface area contributed by atoms with Crippen LogP contribution in [0.4, 0.5) is 15.8 Å². The summed E-state index contributed by atoms with van der Waals surface area (Å²) in [6.45, 7) is 7.69. The van der Waals surface area contributed by atoms with E-state index < -0.39 is 6.04 Å². The van der Waals surface area contributed by atoms with Crippen LogP contribution in [0.2, 0.25) is 0 Å². The molecule has 0 radical (unpaired) electrons. The lowest BCUT2D eigenvalue weighted by molar-refractivity contribution is -0.133. The van der Waals surface area contributed by atoms with Gasteiger partial charge in [0, 0.05) is 31.7 Å². The third kappa shape index (κ3) is 5.17. The number of imide groups is 1. The van der Waals surface area contributed by atoms with Crippen LogP contribution >= 0.6 is 0 Å². The second-order valence-corrected chi connectivity index (χ2v) is 10.5. The van der Waals surface area contributed by atoms with Crippen molar-refractivity contribution in [1.29, 1.82) is 0 Å². The Bertz CT molecular complexity index is 880. The first-order valence-corrected chi connectivity index (χ1v) is 12.6. The van der Waals surface area contributed by atoms with Crippen LogP contribution in [0.5, 0.6) is 0 Å². The minimum Gasteiger partial charge on any atom is -0.374 e. The Kier molecular flexibility index (Phi) is 6.56. The molecule has 0 saturated carbocycles. The molecule has 7 nitrogen and oxygen atoms in total. The second-order valence-electron chi connectivity index (χ2n) is 10.5. The number of hydrogen-bond donors (Lipinski definition) is 3. The Morgan fingerprint density at radius 1 is 1.06 bits per heavy atom. The average Bonchev–Trinajstić information content (AvgIpc) is 3.21. The van der Waals surface area contributed by atoms with E-state index in [0.29, 0.717) is 29.6 Å². The number of piperidine rings is 3. The zero-order valence-electron chi connectivity index (χ0n) is 19.4. The number of anilines is 2. The molecule has 0 bridgehead atoms. The first kappa shape index (κ1) is 22.6. The third-order valence-corrected chi connectivity index (χ3v) is 8.20. The van der Waals surface area contributed by atoms with Gasteiger partial charge in [-0.15, -0.1) is 0 Å². The number of benzene rings is 1. The van der Waals surface area contributed by atoms with Gasteiger partial charge in [-0.2, -0.15) is 0 Å². The van der Waals surface area contributed by atoms with Crippen LogP contribution in [0.3, 0.4) is 0 Å². The molecule has 33 heavy (non-hydrogen) atoms. The van der Waals surface area contributed by atoms with Gasteiger partial charge in [0.25, 0.3) is 0 Å². The Morgan fingerprint density at radius 2 is 1.82 bits per heavy atom. The lowest BCUT2D eigenvalue weighted by atomic mass is 9.77. The number of hydrogen-bond acceptors (Lipinski definition) is 6. The van der Waals surface area contributed by atoms with Crippen molar-refractivity contribution in [2.24, 2.45) is 11.3 Å². The Labute approximate surface area is 195 Å². The predicted octanol–water partition coefficient (Wildman–Crippen LogP) is 2.33. The molecular formula is C25H36FN5O2. The number of carbonyl (C=O) groups is 2. The van der Waals surface area contributed by atoms with Crippen LogP contribution < -0.4 is 20.9 Å². The maximum absolute atomic E-state index is 15.0. The van der Waals surface area contributed by atoms with Gasteiger partial charge in [0.15, 0.2) is 0 Å². The van der Waals surface area contributed by atoms with Crippen molar-refractivity contribution in [1.82, 2.24) is 15.5 Å². The fourth-order valence-electron chi connectivity index (χ4n) is 6.07. The number of rotatable bonds is 5. The molecular weight excluding hydrogens is 421 g/mol. The van der Waals surface area contributed by atoms with Crippen LogP contribution in [0, 0.1) is 17.2 Å². The van der Waals surface area contributed by atoms with E-state index in [0.717, 1.165) is 51.6 Å². The monoisotopic (exact) mass is 457 g/mol. The Balaban J connectivity index is 1.15. The molecule has 1 unspecified atom stereocenters. The van der Waals surface area contributed by atoms with Gasteiger partial charge in [0.1, 0.15) is 11.9 Å². The molecule has 1 spiro atoms. The topological polar surface area (TPSA) is 76.7 Å². The summed E-state index contributed by atoms with van der Waals surface area (Å²) in [5, 5.41) is 8.86. The molecule has 1 aromatic carbocycles. The van der Waals surface area contributed by atoms with Crippen molar-refractivity contribution in [3.05, 3.63) is 24.0 Å². The SMILES string of the molecule is O=C1CCC(Nc2ccc(N3CCC4(CCN(CC5CCNCC5)CC4)C3)c(F)c2)C(=O)N1. The first-order chi connectivity index (χ1) is 16.0. The number of nitrogens with zero attached hydrogens (tertiary/aromatic N) is 2. The highest BCUT2D eigenvalue weighted by Crippen LogP contribution is 2.43. The quantitative estimate of drug-likeness (QED) is 0.590. The van der Waals surface area contributed by atoms with Crippen LogP contribution in [0.1, 0.15) is 44.9 Å². The van der Waals surface area contributed by atoms with E-state index in [1.807, 2.05) is 12.1 Å². The fourth-order valence-corrected chi connectivity index (χ4v) is 6.07. The smallest absolute Gasteiger partial charge is 0.249 e. The number of likely N-dealkylation sites (tertiary alicyclic amines) is 1. The second kappa shape index (κ2) is 9.58. The van der Waals surface area contributed by atoms with Gasteiger partial charge in [-0.25, -0.2) is 4.39 Å². The molecule has 4 heterocycles. The molecule has 5 rings (SSSR count). The highest BCUT2D eigenvalue weighted by Gasteiger charge is 2.41. The van der Waals surface area contributed by atoms with Crippen molar-refractivity contribution >= 4 is 23.2 Å². The van der Waals surface area contributed by atoms with Crippen molar-refractivity contribution in [2.75, 3.05) is 56.0 Å². The maximum atomic E-state index is 15.0. The van der Waals surface area contributed by atoms with Crippen molar-refractivity contribution < 1.29 is 14.0 Å². The predicted molar refractivity (Wildman–Crippen MR) is 127 cm³/mol.